The molecule has 0 spiro atoms. The molecule has 0 aliphatic carbocycles. The van der Waals surface area contributed by atoms with Gasteiger partial charge in [0.05, 0.1) is 6.04 Å². The predicted octanol–water partition coefficient (Wildman–Crippen LogP) is 3.57. The summed E-state index contributed by atoms with van der Waals surface area (Å²) in [6, 6.07) is 6.64. The van der Waals surface area contributed by atoms with Crippen LogP contribution in [0.4, 0.5) is 10.2 Å². The minimum Gasteiger partial charge on any atom is -0.383 e. The molecule has 0 saturated heterocycles. The third kappa shape index (κ3) is 3.35. The highest BCUT2D eigenvalue weighted by molar-refractivity contribution is 9.10. The summed E-state index contributed by atoms with van der Waals surface area (Å²) < 4.78 is 14.3. The summed E-state index contributed by atoms with van der Waals surface area (Å²) in [7, 11) is 0. The van der Waals surface area contributed by atoms with Crippen molar-refractivity contribution in [3.63, 3.8) is 0 Å². The van der Waals surface area contributed by atoms with Crippen molar-refractivity contribution < 1.29 is 4.39 Å². The minimum absolute atomic E-state index is 0.181. The molecule has 0 aliphatic rings. The number of pyridine rings is 1. The number of hydrogen-bond donors (Lipinski definition) is 2. The lowest BCUT2D eigenvalue weighted by atomic mass is 9.98. The molecule has 1 aromatic heterocycles. The topological polar surface area (TPSA) is 50.9 Å². The number of rotatable bonds is 4. The second-order valence-corrected chi connectivity index (χ2v) is 5.60. The summed E-state index contributed by atoms with van der Waals surface area (Å²) in [4.78, 5) is 4.18. The third-order valence-corrected chi connectivity index (χ3v) is 3.48. The number of hydrogen-bond acceptors (Lipinski definition) is 3. The van der Waals surface area contributed by atoms with Crippen molar-refractivity contribution in [1.29, 1.82) is 0 Å². The van der Waals surface area contributed by atoms with Crippen LogP contribution in [-0.4, -0.2) is 11.5 Å². The summed E-state index contributed by atoms with van der Waals surface area (Å²) in [5.41, 5.74) is 8.68. The van der Waals surface area contributed by atoms with Crippen LogP contribution in [0.5, 0.6) is 0 Å². The van der Waals surface area contributed by atoms with E-state index >= 15 is 0 Å². The molecule has 3 N–H and O–H groups in total. The highest BCUT2D eigenvalue weighted by Gasteiger charge is 2.18. The van der Waals surface area contributed by atoms with Gasteiger partial charge in [-0.15, -0.1) is 0 Å². The van der Waals surface area contributed by atoms with Gasteiger partial charge in [-0.2, -0.15) is 0 Å². The largest absolute Gasteiger partial charge is 0.383 e. The van der Waals surface area contributed by atoms with Crippen molar-refractivity contribution in [1.82, 2.24) is 10.3 Å². The number of nitrogen functional groups attached to an aromatic ring is 1. The standard InChI is InChI=1S/C15H17BrFN3/c1-3-19-14(10-5-11(16)7-12(17)6-10)13-4-9(2)8-20-15(13)18/h4-8,14,19H,3H2,1-2H3,(H2,18,20). The lowest BCUT2D eigenvalue weighted by Gasteiger charge is -2.21. The lowest BCUT2D eigenvalue weighted by molar-refractivity contribution is 0.602. The average molecular weight is 338 g/mol. The zero-order chi connectivity index (χ0) is 14.7. The second-order valence-electron chi connectivity index (χ2n) is 4.68. The van der Waals surface area contributed by atoms with E-state index in [1.54, 1.807) is 6.20 Å². The van der Waals surface area contributed by atoms with Crippen LogP contribution >= 0.6 is 15.9 Å². The Morgan fingerprint density at radius 1 is 1.35 bits per heavy atom. The van der Waals surface area contributed by atoms with Gasteiger partial charge in [0.25, 0.3) is 0 Å². The van der Waals surface area contributed by atoms with Crippen LogP contribution in [0, 0.1) is 12.7 Å². The van der Waals surface area contributed by atoms with Gasteiger partial charge in [0.2, 0.25) is 0 Å². The number of aryl methyl sites for hydroxylation is 1. The van der Waals surface area contributed by atoms with E-state index in [9.17, 15) is 4.39 Å². The molecule has 0 saturated carbocycles. The number of benzene rings is 1. The fourth-order valence-corrected chi connectivity index (χ4v) is 2.67. The Morgan fingerprint density at radius 3 is 2.75 bits per heavy atom. The first-order valence-electron chi connectivity index (χ1n) is 6.42. The summed E-state index contributed by atoms with van der Waals surface area (Å²) >= 11 is 3.32. The number of nitrogens with two attached hydrogens (primary N) is 1. The Bertz CT molecular complexity index is 596. The molecule has 20 heavy (non-hydrogen) atoms. The van der Waals surface area contributed by atoms with E-state index in [1.165, 1.54) is 12.1 Å². The Hall–Kier alpha value is -1.46. The first-order chi connectivity index (χ1) is 9.51. The maximum absolute atomic E-state index is 13.6. The monoisotopic (exact) mass is 337 g/mol. The molecule has 1 aromatic carbocycles. The van der Waals surface area contributed by atoms with Crippen LogP contribution in [0.3, 0.4) is 0 Å². The molecule has 1 atom stereocenters. The van der Waals surface area contributed by atoms with Crippen molar-refractivity contribution in [2.75, 3.05) is 12.3 Å². The summed E-state index contributed by atoms with van der Waals surface area (Å²) in [6.07, 6.45) is 1.73. The van der Waals surface area contributed by atoms with Crippen molar-refractivity contribution in [2.24, 2.45) is 0 Å². The molecule has 5 heteroatoms. The highest BCUT2D eigenvalue weighted by Crippen LogP contribution is 2.28. The number of anilines is 1. The van der Waals surface area contributed by atoms with Crippen LogP contribution in [0.1, 0.15) is 29.7 Å². The Kier molecular flexibility index (Phi) is 4.73. The van der Waals surface area contributed by atoms with Gasteiger partial charge in [0.15, 0.2) is 0 Å². The highest BCUT2D eigenvalue weighted by atomic mass is 79.9. The van der Waals surface area contributed by atoms with E-state index < -0.39 is 0 Å². The smallest absolute Gasteiger partial charge is 0.128 e. The van der Waals surface area contributed by atoms with Crippen LogP contribution in [0.15, 0.2) is 34.9 Å². The van der Waals surface area contributed by atoms with Gasteiger partial charge >= 0.3 is 0 Å². The normalized spacial score (nSPS) is 12.4. The van der Waals surface area contributed by atoms with Crippen LogP contribution in [0.2, 0.25) is 0 Å². The van der Waals surface area contributed by atoms with E-state index in [0.717, 1.165) is 23.2 Å². The molecular weight excluding hydrogens is 321 g/mol. The van der Waals surface area contributed by atoms with Crippen molar-refractivity contribution in [3.05, 3.63) is 57.4 Å². The molecule has 0 amide bonds. The van der Waals surface area contributed by atoms with E-state index in [0.29, 0.717) is 10.3 Å². The number of nitrogens with one attached hydrogen (secondary N) is 1. The number of halogens is 2. The SMILES string of the molecule is CCNC(c1cc(F)cc(Br)c1)c1cc(C)cnc1N. The molecule has 3 nitrogen and oxygen atoms in total. The van der Waals surface area contributed by atoms with Crippen LogP contribution in [0.25, 0.3) is 0 Å². The molecule has 1 heterocycles. The van der Waals surface area contributed by atoms with E-state index in [4.69, 9.17) is 5.73 Å². The molecule has 0 bridgehead atoms. The average Bonchev–Trinajstić information content (AvgIpc) is 2.38. The molecule has 0 aliphatic heterocycles. The first kappa shape index (κ1) is 14.9. The van der Waals surface area contributed by atoms with Gasteiger partial charge in [0, 0.05) is 16.2 Å². The first-order valence-corrected chi connectivity index (χ1v) is 7.22. The van der Waals surface area contributed by atoms with Gasteiger partial charge in [-0.3, -0.25) is 0 Å². The van der Waals surface area contributed by atoms with Crippen molar-refractivity contribution >= 4 is 21.7 Å². The fourth-order valence-electron chi connectivity index (χ4n) is 2.19. The Labute approximate surface area is 126 Å². The number of aromatic nitrogens is 1. The molecular formula is C15H17BrFN3. The molecule has 0 fully saturated rings. The third-order valence-electron chi connectivity index (χ3n) is 3.02. The van der Waals surface area contributed by atoms with E-state index in [-0.39, 0.29) is 11.9 Å². The lowest BCUT2D eigenvalue weighted by Crippen LogP contribution is -2.23. The van der Waals surface area contributed by atoms with Gasteiger partial charge in [0.1, 0.15) is 11.6 Å². The second kappa shape index (κ2) is 6.33. The van der Waals surface area contributed by atoms with Gasteiger partial charge in [-0.25, -0.2) is 9.37 Å². The maximum Gasteiger partial charge on any atom is 0.128 e. The Morgan fingerprint density at radius 2 is 2.10 bits per heavy atom. The summed E-state index contributed by atoms with van der Waals surface area (Å²) in [6.45, 7) is 4.70. The quantitative estimate of drug-likeness (QED) is 0.896. The maximum atomic E-state index is 13.6. The Balaban J connectivity index is 2.52. The van der Waals surface area contributed by atoms with Gasteiger partial charge in [-0.05, 0) is 48.9 Å². The van der Waals surface area contributed by atoms with E-state index in [2.05, 4.69) is 26.2 Å². The van der Waals surface area contributed by atoms with E-state index in [1.807, 2.05) is 26.0 Å². The minimum atomic E-state index is -0.281. The zero-order valence-electron chi connectivity index (χ0n) is 11.5. The molecule has 2 aromatic rings. The van der Waals surface area contributed by atoms with Crippen molar-refractivity contribution in [2.45, 2.75) is 19.9 Å². The van der Waals surface area contributed by atoms with Crippen LogP contribution in [-0.2, 0) is 0 Å². The predicted molar refractivity (Wildman–Crippen MR) is 83.0 cm³/mol. The van der Waals surface area contributed by atoms with Crippen LogP contribution < -0.4 is 11.1 Å². The summed E-state index contributed by atoms with van der Waals surface area (Å²) in [5.74, 6) is 0.179. The molecule has 106 valence electrons. The fraction of sp³-hybridized carbons (Fsp3) is 0.267. The van der Waals surface area contributed by atoms with Gasteiger partial charge in [-0.1, -0.05) is 22.9 Å². The van der Waals surface area contributed by atoms with Crippen molar-refractivity contribution in [3.8, 4) is 0 Å². The summed E-state index contributed by atoms with van der Waals surface area (Å²) in [5, 5.41) is 3.33. The molecule has 0 radical (unpaired) electrons. The molecule has 1 unspecified atom stereocenters. The molecule has 2 rings (SSSR count). The van der Waals surface area contributed by atoms with Gasteiger partial charge < -0.3 is 11.1 Å². The zero-order valence-corrected chi connectivity index (χ0v) is 13.0. The number of nitrogens with zero attached hydrogens (tertiary/aromatic N) is 1.